The number of hydrogen-bond acceptors (Lipinski definition) is 3. The molecule has 2 aromatic rings. The highest BCUT2D eigenvalue weighted by Crippen LogP contribution is 2.19. The van der Waals surface area contributed by atoms with Gasteiger partial charge in [0, 0.05) is 5.56 Å². The van der Waals surface area contributed by atoms with Crippen LogP contribution < -0.4 is 0 Å². The molecule has 0 aliphatic rings. The smallest absolute Gasteiger partial charge is 0.185 e. The first-order valence-corrected chi connectivity index (χ1v) is 6.60. The van der Waals surface area contributed by atoms with Crippen molar-refractivity contribution in [3.63, 3.8) is 0 Å². The zero-order chi connectivity index (χ0) is 15.4. The van der Waals surface area contributed by atoms with E-state index in [0.717, 1.165) is 11.1 Å². The van der Waals surface area contributed by atoms with E-state index in [1.807, 2.05) is 31.2 Å². The Bertz CT molecular complexity index is 710. The summed E-state index contributed by atoms with van der Waals surface area (Å²) in [5.41, 5.74) is 2.62. The molecule has 21 heavy (non-hydrogen) atoms. The molecule has 1 N–H and O–H groups in total. The maximum absolute atomic E-state index is 12.1. The predicted octanol–water partition coefficient (Wildman–Crippen LogP) is 3.80. The summed E-state index contributed by atoms with van der Waals surface area (Å²) in [6.07, 6.45) is 3.18. The Hall–Kier alpha value is -2.68. The molecule has 0 aliphatic heterocycles. The Labute approximate surface area is 123 Å². The van der Waals surface area contributed by atoms with Gasteiger partial charge in [0.15, 0.2) is 11.6 Å². The fraction of sp³-hybridized carbons (Fsp3) is 0.111. The van der Waals surface area contributed by atoms with Crippen molar-refractivity contribution in [3.8, 4) is 5.75 Å². The number of aromatic hydroxyl groups is 1. The highest BCUT2D eigenvalue weighted by atomic mass is 16.3. The quantitative estimate of drug-likeness (QED) is 0.684. The summed E-state index contributed by atoms with van der Waals surface area (Å²) >= 11 is 0. The lowest BCUT2D eigenvalue weighted by Crippen LogP contribution is -1.99. The summed E-state index contributed by atoms with van der Waals surface area (Å²) in [5.74, 6) is -0.593. The fourth-order valence-corrected chi connectivity index (χ4v) is 1.92. The van der Waals surface area contributed by atoms with Gasteiger partial charge in [0.25, 0.3) is 0 Å². The van der Waals surface area contributed by atoms with Gasteiger partial charge in [-0.25, -0.2) is 0 Å². The van der Waals surface area contributed by atoms with E-state index in [1.165, 1.54) is 31.2 Å². The lowest BCUT2D eigenvalue weighted by molar-refractivity contribution is 0.101. The van der Waals surface area contributed by atoms with E-state index in [0.29, 0.717) is 5.56 Å². The van der Waals surface area contributed by atoms with Gasteiger partial charge in [-0.15, -0.1) is 0 Å². The summed E-state index contributed by atoms with van der Waals surface area (Å²) < 4.78 is 0. The third-order valence-electron chi connectivity index (χ3n) is 3.16. The van der Waals surface area contributed by atoms with Crippen molar-refractivity contribution >= 4 is 17.6 Å². The number of carbonyl (C=O) groups is 2. The number of allylic oxidation sites excluding steroid dienone is 1. The van der Waals surface area contributed by atoms with E-state index in [4.69, 9.17) is 0 Å². The summed E-state index contributed by atoms with van der Waals surface area (Å²) in [5, 5.41) is 9.57. The van der Waals surface area contributed by atoms with Gasteiger partial charge in [-0.1, -0.05) is 35.9 Å². The number of carbonyl (C=O) groups excluding carboxylic acids is 2. The molecule has 2 aromatic carbocycles. The Morgan fingerprint density at radius 1 is 1.05 bits per heavy atom. The zero-order valence-corrected chi connectivity index (χ0v) is 12.0. The molecule has 0 radical (unpaired) electrons. The third-order valence-corrected chi connectivity index (χ3v) is 3.16. The monoisotopic (exact) mass is 280 g/mol. The van der Waals surface area contributed by atoms with Crippen LogP contribution in [0.3, 0.4) is 0 Å². The molecule has 0 fully saturated rings. The molecule has 3 heteroatoms. The predicted molar refractivity (Wildman–Crippen MR) is 82.7 cm³/mol. The van der Waals surface area contributed by atoms with E-state index in [-0.39, 0.29) is 22.9 Å². The van der Waals surface area contributed by atoms with Crippen LogP contribution in [0.25, 0.3) is 6.08 Å². The number of benzene rings is 2. The molecule has 106 valence electrons. The maximum Gasteiger partial charge on any atom is 0.185 e. The average molecular weight is 280 g/mol. The zero-order valence-electron chi connectivity index (χ0n) is 12.0. The van der Waals surface area contributed by atoms with Gasteiger partial charge in [0.2, 0.25) is 0 Å². The first kappa shape index (κ1) is 14.7. The summed E-state index contributed by atoms with van der Waals surface area (Å²) in [7, 11) is 0. The summed E-state index contributed by atoms with van der Waals surface area (Å²) in [6, 6.07) is 12.1. The van der Waals surface area contributed by atoms with Crippen molar-refractivity contribution in [1.29, 1.82) is 0 Å². The first-order chi connectivity index (χ1) is 9.97. The van der Waals surface area contributed by atoms with Crippen molar-refractivity contribution < 1.29 is 14.7 Å². The highest BCUT2D eigenvalue weighted by molar-refractivity contribution is 6.08. The average Bonchev–Trinajstić information content (AvgIpc) is 2.46. The van der Waals surface area contributed by atoms with Crippen LogP contribution in [0.5, 0.6) is 5.75 Å². The van der Waals surface area contributed by atoms with Gasteiger partial charge >= 0.3 is 0 Å². The van der Waals surface area contributed by atoms with E-state index in [2.05, 4.69) is 0 Å². The molecule has 0 aliphatic carbocycles. The Morgan fingerprint density at radius 2 is 1.71 bits per heavy atom. The minimum atomic E-state index is -0.273. The van der Waals surface area contributed by atoms with Crippen LogP contribution in [-0.2, 0) is 0 Å². The first-order valence-electron chi connectivity index (χ1n) is 6.60. The van der Waals surface area contributed by atoms with Gasteiger partial charge in [0.1, 0.15) is 5.75 Å². The van der Waals surface area contributed by atoms with Gasteiger partial charge in [-0.3, -0.25) is 9.59 Å². The van der Waals surface area contributed by atoms with Crippen LogP contribution in [-0.4, -0.2) is 16.7 Å². The number of Topliss-reactive ketones (excluding diaryl/α,β-unsaturated/α-hetero) is 1. The van der Waals surface area contributed by atoms with Crippen LogP contribution in [0.15, 0.2) is 48.5 Å². The minimum Gasteiger partial charge on any atom is -0.507 e. The lowest BCUT2D eigenvalue weighted by Gasteiger charge is -2.02. The van der Waals surface area contributed by atoms with Crippen LogP contribution in [0, 0.1) is 6.92 Å². The Balaban J connectivity index is 2.22. The number of ketones is 2. The van der Waals surface area contributed by atoms with E-state index in [1.54, 1.807) is 6.08 Å². The van der Waals surface area contributed by atoms with Gasteiger partial charge in [-0.05, 0) is 43.7 Å². The molecular weight excluding hydrogens is 264 g/mol. The van der Waals surface area contributed by atoms with Crippen LogP contribution >= 0.6 is 0 Å². The maximum atomic E-state index is 12.1. The minimum absolute atomic E-state index is 0.110. The molecule has 0 aromatic heterocycles. The second-order valence-electron chi connectivity index (χ2n) is 4.90. The van der Waals surface area contributed by atoms with Crippen molar-refractivity contribution in [1.82, 2.24) is 0 Å². The highest BCUT2D eigenvalue weighted by Gasteiger charge is 2.10. The normalized spacial score (nSPS) is 10.8. The van der Waals surface area contributed by atoms with Crippen LogP contribution in [0.4, 0.5) is 0 Å². The van der Waals surface area contributed by atoms with Crippen LogP contribution in [0.1, 0.15) is 38.8 Å². The fourth-order valence-electron chi connectivity index (χ4n) is 1.92. The van der Waals surface area contributed by atoms with Crippen LogP contribution in [0.2, 0.25) is 0 Å². The van der Waals surface area contributed by atoms with Gasteiger partial charge in [-0.2, -0.15) is 0 Å². The largest absolute Gasteiger partial charge is 0.507 e. The number of hydrogen-bond donors (Lipinski definition) is 1. The number of rotatable bonds is 4. The molecule has 0 heterocycles. The molecule has 3 nitrogen and oxygen atoms in total. The van der Waals surface area contributed by atoms with Crippen molar-refractivity contribution in [2.24, 2.45) is 0 Å². The van der Waals surface area contributed by atoms with Crippen molar-refractivity contribution in [2.75, 3.05) is 0 Å². The van der Waals surface area contributed by atoms with Crippen molar-refractivity contribution in [3.05, 3.63) is 70.8 Å². The lowest BCUT2D eigenvalue weighted by atomic mass is 10.0. The van der Waals surface area contributed by atoms with Gasteiger partial charge < -0.3 is 5.11 Å². The molecule has 0 unspecified atom stereocenters. The topological polar surface area (TPSA) is 54.4 Å². The number of phenolic OH excluding ortho intramolecular Hbond substituents is 1. The SMILES string of the molecule is CC(=O)c1cc(C(=O)/C=C/c2ccc(C)cc2)ccc1O. The molecule has 0 saturated carbocycles. The van der Waals surface area contributed by atoms with E-state index in [9.17, 15) is 14.7 Å². The molecular formula is C18H16O3. The Kier molecular flexibility index (Phi) is 4.33. The number of aryl methyl sites for hydroxylation is 1. The molecule has 0 bridgehead atoms. The molecule has 0 amide bonds. The standard InChI is InChI=1S/C18H16O3/c1-12-3-5-14(6-4-12)7-9-17(20)15-8-10-18(21)16(11-15)13(2)19/h3-11,21H,1-2H3/b9-7+. The molecule has 0 atom stereocenters. The van der Waals surface area contributed by atoms with E-state index >= 15 is 0 Å². The third kappa shape index (κ3) is 3.66. The summed E-state index contributed by atoms with van der Waals surface area (Å²) in [4.78, 5) is 23.5. The summed E-state index contributed by atoms with van der Waals surface area (Å²) in [6.45, 7) is 3.35. The molecule has 0 saturated heterocycles. The Morgan fingerprint density at radius 3 is 2.33 bits per heavy atom. The van der Waals surface area contributed by atoms with Gasteiger partial charge in [0.05, 0.1) is 5.56 Å². The second-order valence-corrected chi connectivity index (χ2v) is 4.90. The van der Waals surface area contributed by atoms with Crippen molar-refractivity contribution in [2.45, 2.75) is 13.8 Å². The number of phenols is 1. The molecule has 0 spiro atoms. The molecule has 2 rings (SSSR count). The second kappa shape index (κ2) is 6.18. The van der Waals surface area contributed by atoms with E-state index < -0.39 is 0 Å².